The van der Waals surface area contributed by atoms with Gasteiger partial charge in [-0.3, -0.25) is 14.4 Å². The van der Waals surface area contributed by atoms with Crippen LogP contribution in [0.5, 0.6) is 0 Å². The monoisotopic (exact) mass is 359 g/mol. The highest BCUT2D eigenvalue weighted by molar-refractivity contribution is 5.91. The summed E-state index contributed by atoms with van der Waals surface area (Å²) in [5, 5.41) is 0. The van der Waals surface area contributed by atoms with Crippen molar-refractivity contribution in [1.82, 2.24) is 4.90 Å². The molecule has 0 N–H and O–H groups in total. The third-order valence-corrected chi connectivity index (χ3v) is 9.15. The van der Waals surface area contributed by atoms with Crippen molar-refractivity contribution in [2.24, 2.45) is 34.5 Å². The Morgan fingerprint density at radius 2 is 1.73 bits per heavy atom. The fourth-order valence-electron chi connectivity index (χ4n) is 7.65. The number of amides is 1. The van der Waals surface area contributed by atoms with Crippen LogP contribution >= 0.6 is 0 Å². The van der Waals surface area contributed by atoms with Crippen molar-refractivity contribution in [2.45, 2.75) is 78.2 Å². The SMILES string of the molecule is CC(=O)N(C)C1C(=O)C[C@H]2[C@@H]3CCC4CC(=O)CC[C@]4(C)[C@@H]3CC[C@]12C. The van der Waals surface area contributed by atoms with Crippen molar-refractivity contribution in [2.75, 3.05) is 7.05 Å². The van der Waals surface area contributed by atoms with E-state index in [0.29, 0.717) is 35.9 Å². The molecule has 1 amide bonds. The molecule has 4 aliphatic rings. The standard InChI is InChI=1S/C22H33NO3/c1-13(24)23(4)20-19(26)12-18-16-6-5-14-11-15(25)7-9-21(14,2)17(16)8-10-22(18,20)3/h14,16-18,20H,5-12H2,1-4H3/t14?,16-,17-,18+,20?,21+,22+/m1/s1. The Labute approximate surface area is 157 Å². The topological polar surface area (TPSA) is 54.5 Å². The highest BCUT2D eigenvalue weighted by Crippen LogP contribution is 2.65. The number of hydrogen-bond donors (Lipinski definition) is 0. The molecule has 2 unspecified atom stereocenters. The van der Waals surface area contributed by atoms with Gasteiger partial charge < -0.3 is 4.90 Å². The second kappa shape index (κ2) is 5.90. The first kappa shape index (κ1) is 18.2. The Morgan fingerprint density at radius 3 is 2.42 bits per heavy atom. The number of carbonyl (C=O) groups is 3. The van der Waals surface area contributed by atoms with E-state index in [1.165, 1.54) is 0 Å². The fraction of sp³-hybridized carbons (Fsp3) is 0.864. The van der Waals surface area contributed by atoms with Gasteiger partial charge in [-0.2, -0.15) is 0 Å². The molecule has 4 rings (SSSR count). The second-order valence-corrected chi connectivity index (χ2v) is 10.1. The molecule has 7 atom stereocenters. The van der Waals surface area contributed by atoms with Crippen LogP contribution in [0, 0.1) is 34.5 Å². The molecule has 0 radical (unpaired) electrons. The predicted molar refractivity (Wildman–Crippen MR) is 99.4 cm³/mol. The zero-order valence-electron chi connectivity index (χ0n) is 16.7. The number of carbonyl (C=O) groups excluding carboxylic acids is 3. The van der Waals surface area contributed by atoms with E-state index in [1.807, 2.05) is 0 Å². The van der Waals surface area contributed by atoms with Crippen molar-refractivity contribution in [3.8, 4) is 0 Å². The van der Waals surface area contributed by atoms with Gasteiger partial charge in [0.05, 0.1) is 6.04 Å². The van der Waals surface area contributed by atoms with Crippen LogP contribution in [0.1, 0.15) is 72.1 Å². The van der Waals surface area contributed by atoms with Crippen LogP contribution in [0.4, 0.5) is 0 Å². The number of Topliss-reactive ketones (excluding diaryl/α,β-unsaturated/α-hetero) is 2. The van der Waals surface area contributed by atoms with Crippen LogP contribution in [-0.4, -0.2) is 35.5 Å². The molecule has 0 spiro atoms. The van der Waals surface area contributed by atoms with Gasteiger partial charge in [0.25, 0.3) is 0 Å². The lowest BCUT2D eigenvalue weighted by Gasteiger charge is -2.60. The molecular weight excluding hydrogens is 326 g/mol. The van der Waals surface area contributed by atoms with E-state index in [9.17, 15) is 14.4 Å². The van der Waals surface area contributed by atoms with Crippen molar-refractivity contribution in [3.63, 3.8) is 0 Å². The molecule has 0 aromatic rings. The maximum atomic E-state index is 12.9. The maximum Gasteiger partial charge on any atom is 0.219 e. The summed E-state index contributed by atoms with van der Waals surface area (Å²) in [5.74, 6) is 2.87. The smallest absolute Gasteiger partial charge is 0.219 e. The van der Waals surface area contributed by atoms with Crippen LogP contribution in [0.3, 0.4) is 0 Å². The second-order valence-electron chi connectivity index (χ2n) is 10.1. The Hall–Kier alpha value is -1.19. The summed E-state index contributed by atoms with van der Waals surface area (Å²) in [7, 11) is 1.80. The first-order chi connectivity index (χ1) is 12.2. The highest BCUT2D eigenvalue weighted by atomic mass is 16.2. The summed E-state index contributed by atoms with van der Waals surface area (Å²) < 4.78 is 0. The predicted octanol–water partition coefficient (Wildman–Crippen LogP) is 3.62. The van der Waals surface area contributed by atoms with E-state index in [2.05, 4.69) is 13.8 Å². The van der Waals surface area contributed by atoms with Crippen LogP contribution in [0.2, 0.25) is 0 Å². The minimum absolute atomic E-state index is 0.00573. The molecule has 4 heteroatoms. The Balaban J connectivity index is 1.64. The van der Waals surface area contributed by atoms with Crippen molar-refractivity contribution in [3.05, 3.63) is 0 Å². The largest absolute Gasteiger partial charge is 0.335 e. The van der Waals surface area contributed by atoms with E-state index in [4.69, 9.17) is 0 Å². The lowest BCUT2D eigenvalue weighted by Crippen LogP contribution is -2.56. The third-order valence-electron chi connectivity index (χ3n) is 9.15. The van der Waals surface area contributed by atoms with Gasteiger partial charge in [0.1, 0.15) is 5.78 Å². The highest BCUT2D eigenvalue weighted by Gasteiger charge is 2.63. The normalized spacial score (nSPS) is 47.8. The minimum Gasteiger partial charge on any atom is -0.335 e. The molecule has 0 saturated heterocycles. The molecule has 0 heterocycles. The van der Waals surface area contributed by atoms with Crippen molar-refractivity contribution < 1.29 is 14.4 Å². The number of hydrogen-bond acceptors (Lipinski definition) is 3. The average molecular weight is 360 g/mol. The molecule has 26 heavy (non-hydrogen) atoms. The first-order valence-electron chi connectivity index (χ1n) is 10.5. The zero-order valence-corrected chi connectivity index (χ0v) is 16.7. The van der Waals surface area contributed by atoms with Gasteiger partial charge in [-0.25, -0.2) is 0 Å². The summed E-state index contributed by atoms with van der Waals surface area (Å²) in [6, 6.07) is -0.246. The van der Waals surface area contributed by atoms with Gasteiger partial charge in [0.2, 0.25) is 5.91 Å². The van der Waals surface area contributed by atoms with E-state index in [1.54, 1.807) is 18.9 Å². The van der Waals surface area contributed by atoms with Crippen LogP contribution in [0.25, 0.3) is 0 Å². The first-order valence-corrected chi connectivity index (χ1v) is 10.5. The fourth-order valence-corrected chi connectivity index (χ4v) is 7.65. The summed E-state index contributed by atoms with van der Waals surface area (Å²) >= 11 is 0. The summed E-state index contributed by atoms with van der Waals surface area (Å²) in [5.41, 5.74) is 0.193. The molecule has 0 aromatic heterocycles. The molecule has 4 saturated carbocycles. The number of ketones is 2. The molecule has 0 aliphatic heterocycles. The molecule has 0 aromatic carbocycles. The lowest BCUT2D eigenvalue weighted by atomic mass is 9.45. The van der Waals surface area contributed by atoms with Crippen molar-refractivity contribution >= 4 is 17.5 Å². The molecular formula is C22H33NO3. The van der Waals surface area contributed by atoms with E-state index < -0.39 is 0 Å². The van der Waals surface area contributed by atoms with Crippen LogP contribution in [0.15, 0.2) is 0 Å². The number of fused-ring (bicyclic) bond motifs is 5. The molecule has 144 valence electrons. The summed E-state index contributed by atoms with van der Waals surface area (Å²) in [4.78, 5) is 38.6. The van der Waals surface area contributed by atoms with Gasteiger partial charge in [-0.15, -0.1) is 0 Å². The quantitative estimate of drug-likeness (QED) is 0.718. The van der Waals surface area contributed by atoms with E-state index >= 15 is 0 Å². The number of likely N-dealkylation sites (N-methyl/N-ethyl adjacent to an activating group) is 1. The van der Waals surface area contributed by atoms with E-state index in [0.717, 1.165) is 44.9 Å². The third kappa shape index (κ3) is 2.36. The van der Waals surface area contributed by atoms with Crippen molar-refractivity contribution in [1.29, 1.82) is 0 Å². The summed E-state index contributed by atoms with van der Waals surface area (Å²) in [6.45, 7) is 6.27. The Kier molecular flexibility index (Phi) is 4.13. The van der Waals surface area contributed by atoms with Gasteiger partial charge in [0.15, 0.2) is 5.78 Å². The van der Waals surface area contributed by atoms with Gasteiger partial charge >= 0.3 is 0 Å². The van der Waals surface area contributed by atoms with Crippen LogP contribution < -0.4 is 0 Å². The molecule has 4 nitrogen and oxygen atoms in total. The lowest BCUT2D eigenvalue weighted by molar-refractivity contribution is -0.145. The zero-order chi connectivity index (χ0) is 18.9. The average Bonchev–Trinajstić information content (AvgIpc) is 2.85. The van der Waals surface area contributed by atoms with Crippen LogP contribution in [-0.2, 0) is 14.4 Å². The minimum atomic E-state index is -0.246. The number of nitrogens with zero attached hydrogens (tertiary/aromatic N) is 1. The molecule has 4 aliphatic carbocycles. The van der Waals surface area contributed by atoms with Gasteiger partial charge in [-0.05, 0) is 66.6 Å². The summed E-state index contributed by atoms with van der Waals surface area (Å²) in [6.07, 6.45) is 7.66. The van der Waals surface area contributed by atoms with Gasteiger partial charge in [-0.1, -0.05) is 13.8 Å². The van der Waals surface area contributed by atoms with E-state index in [-0.39, 0.29) is 28.6 Å². The molecule has 4 fully saturated rings. The van der Waals surface area contributed by atoms with Gasteiger partial charge in [0, 0.05) is 33.2 Å². The Morgan fingerprint density at radius 1 is 1.00 bits per heavy atom. The molecule has 0 bridgehead atoms. The number of rotatable bonds is 1. The maximum absolute atomic E-state index is 12.9. The Bertz CT molecular complexity index is 658.